The summed E-state index contributed by atoms with van der Waals surface area (Å²) in [6.07, 6.45) is 5.27. The summed E-state index contributed by atoms with van der Waals surface area (Å²) in [5.74, 6) is 1.89. The van der Waals surface area contributed by atoms with Gasteiger partial charge in [-0.05, 0) is 30.7 Å². The molecule has 1 aromatic carbocycles. The van der Waals surface area contributed by atoms with Crippen LogP contribution in [-0.2, 0) is 9.53 Å². The monoisotopic (exact) mass is 546 g/mol. The molecule has 0 saturated carbocycles. The third-order valence-electron chi connectivity index (χ3n) is 6.71. The molecule has 5 rings (SSSR count). The van der Waals surface area contributed by atoms with E-state index >= 15 is 0 Å². The average molecular weight is 547 g/mol. The van der Waals surface area contributed by atoms with Gasteiger partial charge in [0.1, 0.15) is 6.33 Å². The first-order valence-corrected chi connectivity index (χ1v) is 13.5. The van der Waals surface area contributed by atoms with E-state index in [1.54, 1.807) is 12.1 Å². The Morgan fingerprint density at radius 1 is 0.800 bits per heavy atom. The number of hydrogen-bond acceptors (Lipinski definition) is 10. The van der Waals surface area contributed by atoms with Crippen LogP contribution in [0.1, 0.15) is 20.3 Å². The normalized spacial score (nSPS) is 16.0. The van der Waals surface area contributed by atoms with Crippen LogP contribution < -0.4 is 20.4 Å². The number of morpholine rings is 1. The Bertz CT molecular complexity index is 1300. The highest BCUT2D eigenvalue weighted by Gasteiger charge is 2.24. The Labute approximate surface area is 233 Å². The Kier molecular flexibility index (Phi) is 8.59. The lowest BCUT2D eigenvalue weighted by atomic mass is 10.2. The van der Waals surface area contributed by atoms with E-state index in [0.29, 0.717) is 68.5 Å². The maximum Gasteiger partial charge on any atom is 0.323 e. The molecule has 0 spiro atoms. The van der Waals surface area contributed by atoms with Crippen molar-refractivity contribution < 1.29 is 14.3 Å². The molecule has 3 aromatic rings. The Hall–Kier alpha value is -4.39. The number of amides is 3. The van der Waals surface area contributed by atoms with Crippen molar-refractivity contribution in [1.29, 1.82) is 0 Å². The minimum Gasteiger partial charge on any atom is -0.378 e. The van der Waals surface area contributed by atoms with Gasteiger partial charge in [-0.1, -0.05) is 13.8 Å². The van der Waals surface area contributed by atoms with Crippen LogP contribution in [0.3, 0.4) is 0 Å². The van der Waals surface area contributed by atoms with E-state index < -0.39 is 6.03 Å². The second kappa shape index (κ2) is 12.6. The molecule has 0 atom stereocenters. The van der Waals surface area contributed by atoms with E-state index in [0.717, 1.165) is 25.1 Å². The quantitative estimate of drug-likeness (QED) is 0.474. The van der Waals surface area contributed by atoms with Crippen LogP contribution in [0.2, 0.25) is 0 Å². The molecule has 13 nitrogen and oxygen atoms in total. The summed E-state index contributed by atoms with van der Waals surface area (Å²) in [5, 5.41) is 5.49. The summed E-state index contributed by atoms with van der Waals surface area (Å²) in [7, 11) is 0. The fourth-order valence-electron chi connectivity index (χ4n) is 4.59. The topological polar surface area (TPSA) is 142 Å². The smallest absolute Gasteiger partial charge is 0.323 e. The lowest BCUT2D eigenvalue weighted by Gasteiger charge is -2.28. The Morgan fingerprint density at radius 3 is 2.12 bits per heavy atom. The lowest BCUT2D eigenvalue weighted by Crippen LogP contribution is -2.39. The number of rotatable bonds is 6. The molecular formula is C27H34N10O3. The summed E-state index contributed by atoms with van der Waals surface area (Å²) < 4.78 is 5.53. The van der Waals surface area contributed by atoms with E-state index in [9.17, 15) is 9.59 Å². The number of nitrogens with one attached hydrogen (secondary N) is 2. The molecule has 0 bridgehead atoms. The molecule has 0 radical (unpaired) electrons. The minimum absolute atomic E-state index is 0.0286. The fraction of sp³-hybridized carbons (Fsp3) is 0.444. The first kappa shape index (κ1) is 27.2. The third kappa shape index (κ3) is 6.78. The lowest BCUT2D eigenvalue weighted by molar-refractivity contribution is -0.134. The van der Waals surface area contributed by atoms with Gasteiger partial charge in [0.15, 0.2) is 5.82 Å². The highest BCUT2D eigenvalue weighted by molar-refractivity contribution is 5.99. The zero-order valence-corrected chi connectivity index (χ0v) is 22.8. The number of hydrogen-bond donors (Lipinski definition) is 2. The second-order valence-electron chi connectivity index (χ2n) is 9.96. The predicted octanol–water partition coefficient (Wildman–Crippen LogP) is 2.50. The van der Waals surface area contributed by atoms with Crippen LogP contribution >= 0.6 is 0 Å². The van der Waals surface area contributed by atoms with Gasteiger partial charge in [-0.2, -0.15) is 15.0 Å². The summed E-state index contributed by atoms with van der Waals surface area (Å²) >= 11 is 0. The van der Waals surface area contributed by atoms with Gasteiger partial charge < -0.3 is 30.1 Å². The van der Waals surface area contributed by atoms with Gasteiger partial charge in [0.2, 0.25) is 17.8 Å². The first-order chi connectivity index (χ1) is 19.5. The van der Waals surface area contributed by atoms with Gasteiger partial charge in [-0.25, -0.2) is 14.8 Å². The highest BCUT2D eigenvalue weighted by Crippen LogP contribution is 2.24. The standard InChI is InChI=1S/C27H34N10O3/c1-19(2)24(38)35-8-3-9-36(11-10-35)25-32-23(33-26(34-25)37-12-14-40-15-13-37)20-4-6-21(7-5-20)30-27(39)31-22-16-28-18-29-17-22/h4-7,16-19H,3,8-15H2,1-2H3,(H2,30,31,39). The van der Waals surface area contributed by atoms with Gasteiger partial charge in [-0.15, -0.1) is 0 Å². The number of urea groups is 1. The molecule has 4 heterocycles. The molecule has 13 heteroatoms. The molecule has 2 saturated heterocycles. The number of carbonyl (C=O) groups is 2. The van der Waals surface area contributed by atoms with Crippen LogP contribution in [0.5, 0.6) is 0 Å². The number of aromatic nitrogens is 5. The van der Waals surface area contributed by atoms with Crippen molar-refractivity contribution in [2.45, 2.75) is 20.3 Å². The van der Waals surface area contributed by atoms with Crippen molar-refractivity contribution in [1.82, 2.24) is 29.8 Å². The number of benzene rings is 1. The third-order valence-corrected chi connectivity index (χ3v) is 6.71. The molecule has 2 fully saturated rings. The van der Waals surface area contributed by atoms with E-state index in [4.69, 9.17) is 19.7 Å². The van der Waals surface area contributed by atoms with Crippen molar-refractivity contribution in [3.8, 4) is 11.4 Å². The Balaban J connectivity index is 1.35. The zero-order valence-electron chi connectivity index (χ0n) is 22.8. The van der Waals surface area contributed by atoms with E-state index in [-0.39, 0.29) is 11.8 Å². The van der Waals surface area contributed by atoms with Crippen LogP contribution in [0.4, 0.5) is 28.1 Å². The van der Waals surface area contributed by atoms with Crippen molar-refractivity contribution in [3.63, 3.8) is 0 Å². The van der Waals surface area contributed by atoms with Crippen molar-refractivity contribution in [2.24, 2.45) is 5.92 Å². The van der Waals surface area contributed by atoms with Gasteiger partial charge in [0.05, 0.1) is 31.3 Å². The SMILES string of the molecule is CC(C)C(=O)N1CCCN(c2nc(-c3ccc(NC(=O)Nc4cncnc4)cc3)nc(N3CCOCC3)n2)CC1. The summed E-state index contributed by atoms with van der Waals surface area (Å²) in [6, 6.07) is 6.94. The van der Waals surface area contributed by atoms with Gasteiger partial charge in [0, 0.05) is 56.4 Å². The highest BCUT2D eigenvalue weighted by atomic mass is 16.5. The molecule has 0 unspecified atom stereocenters. The number of carbonyl (C=O) groups excluding carboxylic acids is 2. The Morgan fingerprint density at radius 2 is 1.45 bits per heavy atom. The van der Waals surface area contributed by atoms with Gasteiger partial charge in [-0.3, -0.25) is 4.79 Å². The van der Waals surface area contributed by atoms with Crippen LogP contribution in [-0.4, -0.2) is 94.2 Å². The molecule has 210 valence electrons. The van der Waals surface area contributed by atoms with Crippen LogP contribution in [0, 0.1) is 5.92 Å². The molecule has 2 aromatic heterocycles. The molecular weight excluding hydrogens is 512 g/mol. The van der Waals surface area contributed by atoms with Gasteiger partial charge in [0.25, 0.3) is 0 Å². The summed E-state index contributed by atoms with van der Waals surface area (Å²) in [6.45, 7) is 9.24. The summed E-state index contributed by atoms with van der Waals surface area (Å²) in [5.41, 5.74) is 1.91. The molecule has 2 aliphatic heterocycles. The zero-order chi connectivity index (χ0) is 27.9. The molecule has 40 heavy (non-hydrogen) atoms. The second-order valence-corrected chi connectivity index (χ2v) is 9.96. The number of ether oxygens (including phenoxy) is 1. The maximum atomic E-state index is 12.6. The minimum atomic E-state index is -0.397. The van der Waals surface area contributed by atoms with Crippen molar-refractivity contribution >= 4 is 35.2 Å². The van der Waals surface area contributed by atoms with E-state index in [1.165, 1.54) is 18.7 Å². The average Bonchev–Trinajstić information content (AvgIpc) is 3.24. The maximum absolute atomic E-state index is 12.6. The largest absolute Gasteiger partial charge is 0.378 e. The van der Waals surface area contributed by atoms with Crippen molar-refractivity contribution in [2.75, 3.05) is 72.9 Å². The first-order valence-electron chi connectivity index (χ1n) is 13.5. The van der Waals surface area contributed by atoms with E-state index in [2.05, 4.69) is 30.4 Å². The van der Waals surface area contributed by atoms with Crippen LogP contribution in [0.25, 0.3) is 11.4 Å². The molecule has 0 aliphatic carbocycles. The van der Waals surface area contributed by atoms with Crippen molar-refractivity contribution in [3.05, 3.63) is 43.0 Å². The fourth-order valence-corrected chi connectivity index (χ4v) is 4.59. The molecule has 2 N–H and O–H groups in total. The summed E-state index contributed by atoms with van der Waals surface area (Å²) in [4.78, 5) is 53.4. The van der Waals surface area contributed by atoms with E-state index in [1.807, 2.05) is 30.9 Å². The number of nitrogens with zero attached hydrogens (tertiary/aromatic N) is 8. The molecule has 2 aliphatic rings. The van der Waals surface area contributed by atoms with Gasteiger partial charge >= 0.3 is 6.03 Å². The van der Waals surface area contributed by atoms with Crippen LogP contribution in [0.15, 0.2) is 43.0 Å². The molecule has 3 amide bonds. The number of anilines is 4. The predicted molar refractivity (Wildman–Crippen MR) is 151 cm³/mol.